The highest BCUT2D eigenvalue weighted by molar-refractivity contribution is 9.10. The molecule has 0 amide bonds. The second-order valence-corrected chi connectivity index (χ2v) is 6.56. The summed E-state index contributed by atoms with van der Waals surface area (Å²) < 4.78 is 1.05. The van der Waals surface area contributed by atoms with E-state index < -0.39 is 0 Å². The van der Waals surface area contributed by atoms with Gasteiger partial charge < -0.3 is 10.2 Å². The SMILES string of the molecule is Clc1cc(Br)cc(CNCCCN2CCCCC2)c1. The Labute approximate surface area is 129 Å². The maximum Gasteiger partial charge on any atom is 0.0420 e. The summed E-state index contributed by atoms with van der Waals surface area (Å²) in [6.45, 7) is 5.77. The molecule has 1 N–H and O–H groups in total. The fourth-order valence-electron chi connectivity index (χ4n) is 2.56. The third-order valence-corrected chi connectivity index (χ3v) is 4.20. The van der Waals surface area contributed by atoms with Gasteiger partial charge in [0.2, 0.25) is 0 Å². The molecule has 2 rings (SSSR count). The van der Waals surface area contributed by atoms with Crippen LogP contribution in [-0.4, -0.2) is 31.1 Å². The molecular weight excluding hydrogens is 324 g/mol. The lowest BCUT2D eigenvalue weighted by molar-refractivity contribution is 0.225. The molecule has 2 nitrogen and oxygen atoms in total. The first kappa shape index (κ1) is 15.3. The number of hydrogen-bond acceptors (Lipinski definition) is 2. The molecule has 0 atom stereocenters. The van der Waals surface area contributed by atoms with Crippen molar-refractivity contribution in [1.29, 1.82) is 0 Å². The van der Waals surface area contributed by atoms with E-state index in [9.17, 15) is 0 Å². The Balaban J connectivity index is 1.60. The summed E-state index contributed by atoms with van der Waals surface area (Å²) in [5.41, 5.74) is 1.23. The minimum absolute atomic E-state index is 0.791. The fourth-order valence-corrected chi connectivity index (χ4v) is 3.49. The number of halogens is 2. The number of nitrogens with zero attached hydrogens (tertiary/aromatic N) is 1. The highest BCUT2D eigenvalue weighted by Gasteiger charge is 2.08. The van der Waals surface area contributed by atoms with Crippen molar-refractivity contribution in [3.05, 3.63) is 33.3 Å². The Morgan fingerprint density at radius 3 is 2.68 bits per heavy atom. The van der Waals surface area contributed by atoms with Gasteiger partial charge in [-0.2, -0.15) is 0 Å². The van der Waals surface area contributed by atoms with Crippen LogP contribution in [0.1, 0.15) is 31.2 Å². The maximum absolute atomic E-state index is 6.03. The Bertz CT molecular complexity index is 371. The zero-order valence-corrected chi connectivity index (χ0v) is 13.6. The quantitative estimate of drug-likeness (QED) is 0.782. The van der Waals surface area contributed by atoms with E-state index >= 15 is 0 Å². The Morgan fingerprint density at radius 1 is 1.16 bits per heavy atom. The van der Waals surface area contributed by atoms with Crippen molar-refractivity contribution in [2.45, 2.75) is 32.2 Å². The predicted molar refractivity (Wildman–Crippen MR) is 85.8 cm³/mol. The average Bonchev–Trinajstić information content (AvgIpc) is 2.38. The molecule has 0 unspecified atom stereocenters. The lowest BCUT2D eigenvalue weighted by atomic mass is 10.1. The number of likely N-dealkylation sites (tertiary alicyclic amines) is 1. The van der Waals surface area contributed by atoms with Gasteiger partial charge in [-0.05, 0) is 69.2 Å². The second kappa shape index (κ2) is 8.25. The van der Waals surface area contributed by atoms with E-state index in [0.717, 1.165) is 22.6 Å². The molecule has 106 valence electrons. The lowest BCUT2D eigenvalue weighted by Crippen LogP contribution is -2.32. The molecule has 1 heterocycles. The lowest BCUT2D eigenvalue weighted by Gasteiger charge is -2.26. The Morgan fingerprint density at radius 2 is 1.95 bits per heavy atom. The van der Waals surface area contributed by atoms with E-state index in [4.69, 9.17) is 11.6 Å². The summed E-state index contributed by atoms with van der Waals surface area (Å²) in [7, 11) is 0. The van der Waals surface area contributed by atoms with Gasteiger partial charge in [0.15, 0.2) is 0 Å². The number of rotatable bonds is 6. The van der Waals surface area contributed by atoms with Crippen molar-refractivity contribution in [2.24, 2.45) is 0 Å². The van der Waals surface area contributed by atoms with Gasteiger partial charge in [-0.1, -0.05) is 34.0 Å². The first-order valence-corrected chi connectivity index (χ1v) is 8.29. The maximum atomic E-state index is 6.03. The van der Waals surface area contributed by atoms with Crippen LogP contribution in [0.3, 0.4) is 0 Å². The highest BCUT2D eigenvalue weighted by atomic mass is 79.9. The molecule has 0 saturated carbocycles. The molecule has 1 saturated heterocycles. The van der Waals surface area contributed by atoms with Gasteiger partial charge in [-0.25, -0.2) is 0 Å². The Hall–Kier alpha value is -0.0900. The molecule has 4 heteroatoms. The van der Waals surface area contributed by atoms with Crippen LogP contribution < -0.4 is 5.32 Å². The molecular formula is C15H22BrClN2. The van der Waals surface area contributed by atoms with Crippen molar-refractivity contribution in [3.63, 3.8) is 0 Å². The topological polar surface area (TPSA) is 15.3 Å². The van der Waals surface area contributed by atoms with Crippen molar-refractivity contribution < 1.29 is 0 Å². The first-order valence-electron chi connectivity index (χ1n) is 7.12. The molecule has 1 aliphatic heterocycles. The van der Waals surface area contributed by atoms with E-state index in [1.54, 1.807) is 0 Å². The van der Waals surface area contributed by atoms with Gasteiger partial charge in [0.05, 0.1) is 0 Å². The largest absolute Gasteiger partial charge is 0.313 e. The molecule has 0 aliphatic carbocycles. The molecule has 1 fully saturated rings. The fraction of sp³-hybridized carbons (Fsp3) is 0.600. The van der Waals surface area contributed by atoms with Gasteiger partial charge in [0, 0.05) is 16.0 Å². The molecule has 0 aromatic heterocycles. The van der Waals surface area contributed by atoms with Crippen molar-refractivity contribution in [1.82, 2.24) is 10.2 Å². The third-order valence-electron chi connectivity index (χ3n) is 3.53. The summed E-state index contributed by atoms with van der Waals surface area (Å²) in [5, 5.41) is 4.28. The minimum atomic E-state index is 0.791. The molecule has 0 spiro atoms. The van der Waals surface area contributed by atoms with Crippen LogP contribution in [0, 0.1) is 0 Å². The van der Waals surface area contributed by atoms with Gasteiger partial charge in [0.1, 0.15) is 0 Å². The van der Waals surface area contributed by atoms with E-state index in [2.05, 4.69) is 32.2 Å². The third kappa shape index (κ3) is 5.82. The van der Waals surface area contributed by atoms with Crippen LogP contribution in [0.25, 0.3) is 0 Å². The summed E-state index contributed by atoms with van der Waals surface area (Å²) in [5.74, 6) is 0. The van der Waals surface area contributed by atoms with Crippen molar-refractivity contribution in [2.75, 3.05) is 26.2 Å². The minimum Gasteiger partial charge on any atom is -0.313 e. The van der Waals surface area contributed by atoms with Crippen LogP contribution in [-0.2, 0) is 6.54 Å². The summed E-state index contributed by atoms with van der Waals surface area (Å²) in [6.07, 6.45) is 5.40. The number of piperidine rings is 1. The van der Waals surface area contributed by atoms with E-state index in [1.807, 2.05) is 12.1 Å². The van der Waals surface area contributed by atoms with Crippen molar-refractivity contribution >= 4 is 27.5 Å². The molecule has 0 radical (unpaired) electrons. The second-order valence-electron chi connectivity index (χ2n) is 5.21. The van der Waals surface area contributed by atoms with Crippen LogP contribution in [0.15, 0.2) is 22.7 Å². The average molecular weight is 346 g/mol. The van der Waals surface area contributed by atoms with Crippen LogP contribution in [0.5, 0.6) is 0 Å². The van der Waals surface area contributed by atoms with Gasteiger partial charge in [-0.15, -0.1) is 0 Å². The summed E-state index contributed by atoms with van der Waals surface area (Å²) in [6, 6.07) is 6.05. The van der Waals surface area contributed by atoms with Crippen LogP contribution in [0.2, 0.25) is 5.02 Å². The molecule has 1 aromatic rings. The van der Waals surface area contributed by atoms with Crippen LogP contribution in [0.4, 0.5) is 0 Å². The number of nitrogens with one attached hydrogen (secondary N) is 1. The standard InChI is InChI=1S/C15H22BrClN2/c16-14-9-13(10-15(17)11-14)12-18-5-4-8-19-6-2-1-3-7-19/h9-11,18H,1-8,12H2. The predicted octanol–water partition coefficient (Wildman–Crippen LogP) is 4.07. The zero-order chi connectivity index (χ0) is 13.5. The van der Waals surface area contributed by atoms with Gasteiger partial charge in [-0.3, -0.25) is 0 Å². The smallest absolute Gasteiger partial charge is 0.0420 e. The molecule has 1 aliphatic rings. The molecule has 19 heavy (non-hydrogen) atoms. The Kier molecular flexibility index (Phi) is 6.65. The number of hydrogen-bond donors (Lipinski definition) is 1. The van der Waals surface area contributed by atoms with Crippen LogP contribution >= 0.6 is 27.5 Å². The summed E-state index contributed by atoms with van der Waals surface area (Å²) >= 11 is 9.50. The van der Waals surface area contributed by atoms with E-state index in [0.29, 0.717) is 0 Å². The number of benzene rings is 1. The highest BCUT2D eigenvalue weighted by Crippen LogP contribution is 2.19. The first-order chi connectivity index (χ1) is 9.24. The van der Waals surface area contributed by atoms with Gasteiger partial charge in [0.25, 0.3) is 0 Å². The van der Waals surface area contributed by atoms with Crippen molar-refractivity contribution in [3.8, 4) is 0 Å². The van der Waals surface area contributed by atoms with Gasteiger partial charge >= 0.3 is 0 Å². The monoisotopic (exact) mass is 344 g/mol. The van der Waals surface area contributed by atoms with E-state index in [1.165, 1.54) is 50.9 Å². The molecule has 0 bridgehead atoms. The molecule has 1 aromatic carbocycles. The normalized spacial score (nSPS) is 16.7. The zero-order valence-electron chi connectivity index (χ0n) is 11.3. The summed E-state index contributed by atoms with van der Waals surface area (Å²) in [4.78, 5) is 2.58. The van der Waals surface area contributed by atoms with E-state index in [-0.39, 0.29) is 0 Å².